The van der Waals surface area contributed by atoms with Crippen molar-refractivity contribution in [1.29, 1.82) is 0 Å². The quantitative estimate of drug-likeness (QED) is 0.435. The zero-order valence-corrected chi connectivity index (χ0v) is 7.97. The number of hydrogen-bond acceptors (Lipinski definition) is 2. The molecular formula is C10H19O2. The molecule has 71 valence electrons. The first-order chi connectivity index (χ1) is 5.81. The Balaban J connectivity index is 3.03. The molecule has 0 fully saturated rings. The van der Waals surface area contributed by atoms with Crippen LogP contribution >= 0.6 is 0 Å². The van der Waals surface area contributed by atoms with Gasteiger partial charge in [-0.25, -0.2) is 0 Å². The molecule has 0 rings (SSSR count). The monoisotopic (exact) mass is 171 g/mol. The SMILES string of the molecule is [CH2]CCC(=O)OCCCCCC. The fraction of sp³-hybridized carbons (Fsp3) is 0.800. The first-order valence-corrected chi connectivity index (χ1v) is 4.76. The summed E-state index contributed by atoms with van der Waals surface area (Å²) >= 11 is 0. The predicted molar refractivity (Wildman–Crippen MR) is 49.7 cm³/mol. The largest absolute Gasteiger partial charge is 0.466 e. The van der Waals surface area contributed by atoms with E-state index in [0.717, 1.165) is 12.8 Å². The fourth-order valence-corrected chi connectivity index (χ4v) is 0.931. The van der Waals surface area contributed by atoms with Gasteiger partial charge in [0.25, 0.3) is 0 Å². The number of ether oxygens (including phenoxy) is 1. The number of carbonyl (C=O) groups excluding carboxylic acids is 1. The van der Waals surface area contributed by atoms with E-state index in [2.05, 4.69) is 13.8 Å². The van der Waals surface area contributed by atoms with E-state index >= 15 is 0 Å². The summed E-state index contributed by atoms with van der Waals surface area (Å²) in [7, 11) is 0. The van der Waals surface area contributed by atoms with E-state index in [0.29, 0.717) is 19.4 Å². The molecule has 0 saturated heterocycles. The van der Waals surface area contributed by atoms with Gasteiger partial charge in [-0.05, 0) is 12.8 Å². The lowest BCUT2D eigenvalue weighted by atomic mass is 10.2. The van der Waals surface area contributed by atoms with Crippen LogP contribution in [0.1, 0.15) is 45.4 Å². The molecule has 2 heteroatoms. The Kier molecular flexibility index (Phi) is 8.19. The predicted octanol–water partition coefficient (Wildman–Crippen LogP) is 2.72. The highest BCUT2D eigenvalue weighted by Gasteiger charge is 1.98. The molecule has 0 N–H and O–H groups in total. The van der Waals surface area contributed by atoms with E-state index < -0.39 is 0 Å². The molecule has 0 unspecified atom stereocenters. The number of hydrogen-bond donors (Lipinski definition) is 0. The van der Waals surface area contributed by atoms with Gasteiger partial charge in [0.15, 0.2) is 0 Å². The Hall–Kier alpha value is -0.530. The second kappa shape index (κ2) is 8.57. The first-order valence-electron chi connectivity index (χ1n) is 4.76. The molecular weight excluding hydrogens is 152 g/mol. The van der Waals surface area contributed by atoms with Crippen LogP contribution in [0, 0.1) is 6.92 Å². The molecule has 1 radical (unpaired) electrons. The van der Waals surface area contributed by atoms with Gasteiger partial charge in [-0.2, -0.15) is 0 Å². The molecule has 0 aliphatic heterocycles. The number of carbonyl (C=O) groups is 1. The van der Waals surface area contributed by atoms with Crippen LogP contribution in [0.25, 0.3) is 0 Å². The maximum absolute atomic E-state index is 10.8. The van der Waals surface area contributed by atoms with Crippen LogP contribution < -0.4 is 0 Å². The van der Waals surface area contributed by atoms with Gasteiger partial charge in [0.05, 0.1) is 6.61 Å². The van der Waals surface area contributed by atoms with E-state index in [4.69, 9.17) is 4.74 Å². The Labute approximate surface area is 75.3 Å². The van der Waals surface area contributed by atoms with Crippen molar-refractivity contribution in [3.63, 3.8) is 0 Å². The molecule has 0 bridgehead atoms. The van der Waals surface area contributed by atoms with E-state index in [1.807, 2.05) is 0 Å². The van der Waals surface area contributed by atoms with Crippen LogP contribution in [0.5, 0.6) is 0 Å². The van der Waals surface area contributed by atoms with Gasteiger partial charge in [-0.3, -0.25) is 4.79 Å². The molecule has 0 atom stereocenters. The van der Waals surface area contributed by atoms with Crippen molar-refractivity contribution in [2.75, 3.05) is 6.61 Å². The van der Waals surface area contributed by atoms with Gasteiger partial charge in [0, 0.05) is 6.42 Å². The maximum Gasteiger partial charge on any atom is 0.305 e. The van der Waals surface area contributed by atoms with E-state index in [1.165, 1.54) is 12.8 Å². The maximum atomic E-state index is 10.8. The van der Waals surface area contributed by atoms with Crippen molar-refractivity contribution in [3.05, 3.63) is 6.92 Å². The highest BCUT2D eigenvalue weighted by atomic mass is 16.5. The summed E-state index contributed by atoms with van der Waals surface area (Å²) in [6.45, 7) is 6.33. The Morgan fingerprint density at radius 2 is 2.08 bits per heavy atom. The second-order valence-corrected chi connectivity index (χ2v) is 2.88. The average Bonchev–Trinajstić information content (AvgIpc) is 2.05. The lowest BCUT2D eigenvalue weighted by Gasteiger charge is -2.02. The highest BCUT2D eigenvalue weighted by molar-refractivity contribution is 5.69. The molecule has 0 spiro atoms. The molecule has 0 heterocycles. The second-order valence-electron chi connectivity index (χ2n) is 2.88. The average molecular weight is 171 g/mol. The van der Waals surface area contributed by atoms with Crippen molar-refractivity contribution in [2.45, 2.75) is 45.4 Å². The third-order valence-corrected chi connectivity index (χ3v) is 1.64. The van der Waals surface area contributed by atoms with Gasteiger partial charge < -0.3 is 4.74 Å². The van der Waals surface area contributed by atoms with Crippen LogP contribution in [-0.2, 0) is 9.53 Å². The summed E-state index contributed by atoms with van der Waals surface area (Å²) in [6.07, 6.45) is 5.69. The van der Waals surface area contributed by atoms with Gasteiger partial charge in [-0.15, -0.1) is 0 Å². The summed E-state index contributed by atoms with van der Waals surface area (Å²) in [5, 5.41) is 0. The minimum Gasteiger partial charge on any atom is -0.466 e. The van der Waals surface area contributed by atoms with Crippen molar-refractivity contribution in [3.8, 4) is 0 Å². The van der Waals surface area contributed by atoms with Crippen LogP contribution in [0.2, 0.25) is 0 Å². The summed E-state index contributed by atoms with van der Waals surface area (Å²) < 4.78 is 4.95. The smallest absolute Gasteiger partial charge is 0.305 e. The van der Waals surface area contributed by atoms with Crippen LogP contribution in [-0.4, -0.2) is 12.6 Å². The molecule has 2 nitrogen and oxygen atoms in total. The lowest BCUT2D eigenvalue weighted by Crippen LogP contribution is -2.04. The molecule has 0 saturated carbocycles. The summed E-state index contributed by atoms with van der Waals surface area (Å²) in [6, 6.07) is 0. The highest BCUT2D eigenvalue weighted by Crippen LogP contribution is 2.00. The summed E-state index contributed by atoms with van der Waals surface area (Å²) in [4.78, 5) is 10.8. The van der Waals surface area contributed by atoms with Gasteiger partial charge >= 0.3 is 5.97 Å². The Morgan fingerprint density at radius 3 is 2.67 bits per heavy atom. The van der Waals surface area contributed by atoms with E-state index in [-0.39, 0.29) is 5.97 Å². The van der Waals surface area contributed by atoms with Crippen molar-refractivity contribution in [2.24, 2.45) is 0 Å². The Bertz CT molecular complexity index is 110. The number of unbranched alkanes of at least 4 members (excludes halogenated alkanes) is 3. The van der Waals surface area contributed by atoms with Gasteiger partial charge in [0.2, 0.25) is 0 Å². The van der Waals surface area contributed by atoms with E-state index in [1.54, 1.807) is 0 Å². The molecule has 0 aromatic rings. The van der Waals surface area contributed by atoms with Crippen LogP contribution in [0.3, 0.4) is 0 Å². The Morgan fingerprint density at radius 1 is 1.33 bits per heavy atom. The molecule has 12 heavy (non-hydrogen) atoms. The van der Waals surface area contributed by atoms with E-state index in [9.17, 15) is 4.79 Å². The molecule has 0 amide bonds. The van der Waals surface area contributed by atoms with Crippen LogP contribution in [0.4, 0.5) is 0 Å². The third kappa shape index (κ3) is 7.58. The first kappa shape index (κ1) is 11.5. The van der Waals surface area contributed by atoms with Gasteiger partial charge in [0.1, 0.15) is 0 Å². The molecule has 0 aromatic heterocycles. The number of esters is 1. The zero-order chi connectivity index (χ0) is 9.23. The zero-order valence-electron chi connectivity index (χ0n) is 7.97. The van der Waals surface area contributed by atoms with Crippen molar-refractivity contribution < 1.29 is 9.53 Å². The number of rotatable bonds is 7. The van der Waals surface area contributed by atoms with Crippen molar-refractivity contribution >= 4 is 5.97 Å². The fourth-order valence-electron chi connectivity index (χ4n) is 0.931. The minimum atomic E-state index is -0.110. The lowest BCUT2D eigenvalue weighted by molar-refractivity contribution is -0.143. The molecule has 0 aliphatic rings. The van der Waals surface area contributed by atoms with Gasteiger partial charge in [-0.1, -0.05) is 33.1 Å². The summed E-state index contributed by atoms with van der Waals surface area (Å²) in [5.41, 5.74) is 0. The normalized spacial score (nSPS) is 9.83. The molecule has 0 aromatic carbocycles. The third-order valence-electron chi connectivity index (χ3n) is 1.64. The standard InChI is InChI=1S/C10H19O2/c1-3-5-6-7-9-12-10(11)8-4-2/h2-9H2,1H3. The summed E-state index contributed by atoms with van der Waals surface area (Å²) in [5.74, 6) is -0.110. The van der Waals surface area contributed by atoms with Crippen molar-refractivity contribution in [1.82, 2.24) is 0 Å². The molecule has 0 aliphatic carbocycles. The topological polar surface area (TPSA) is 26.3 Å². The minimum absolute atomic E-state index is 0.110. The van der Waals surface area contributed by atoms with Crippen LogP contribution in [0.15, 0.2) is 0 Å².